The molecule has 12 heavy (non-hydrogen) atoms. The maximum Gasteiger partial charge on any atom is 0.312 e. The number of nitrogens with one attached hydrogen (secondary N) is 1. The number of ether oxygens (including phenoxy) is 2. The fourth-order valence-corrected chi connectivity index (χ4v) is 0.527. The molecule has 0 aliphatic heterocycles. The Kier molecular flexibility index (Phi) is 5.25. The molecule has 0 radical (unpaired) electrons. The number of hydrogen-bond acceptors (Lipinski definition) is 3. The van der Waals surface area contributed by atoms with Crippen LogP contribution in [0.25, 0.3) is 0 Å². The van der Waals surface area contributed by atoms with Crippen molar-refractivity contribution in [2.45, 2.75) is 6.29 Å². The minimum absolute atomic E-state index is 0.146. The molecule has 0 aliphatic rings. The van der Waals surface area contributed by atoms with E-state index in [1.54, 1.807) is 0 Å². The van der Waals surface area contributed by atoms with Crippen molar-refractivity contribution in [3.05, 3.63) is 25.7 Å². The van der Waals surface area contributed by atoms with Gasteiger partial charge in [0.05, 0.1) is 19.1 Å². The van der Waals surface area contributed by atoms with E-state index < -0.39 is 12.3 Å². The van der Waals surface area contributed by atoms with Gasteiger partial charge in [0.1, 0.15) is 0 Å². The SMILES string of the molecule is C=COC(CNC(N)=O)OC=C. The fraction of sp³-hybridized carbons (Fsp3) is 0.286. The Balaban J connectivity index is 3.68. The molecule has 0 fully saturated rings. The Labute approximate surface area is 70.8 Å². The molecule has 0 aliphatic carbocycles. The van der Waals surface area contributed by atoms with Crippen molar-refractivity contribution in [2.24, 2.45) is 5.73 Å². The molecule has 5 nitrogen and oxygen atoms in total. The monoisotopic (exact) mass is 172 g/mol. The summed E-state index contributed by atoms with van der Waals surface area (Å²) in [5.74, 6) is 0. The van der Waals surface area contributed by atoms with Gasteiger partial charge in [0.15, 0.2) is 0 Å². The van der Waals surface area contributed by atoms with Crippen LogP contribution in [0.2, 0.25) is 0 Å². The van der Waals surface area contributed by atoms with Crippen molar-refractivity contribution in [3.8, 4) is 0 Å². The zero-order chi connectivity index (χ0) is 9.40. The van der Waals surface area contributed by atoms with Crippen molar-refractivity contribution >= 4 is 6.03 Å². The van der Waals surface area contributed by atoms with E-state index in [4.69, 9.17) is 15.2 Å². The lowest BCUT2D eigenvalue weighted by Crippen LogP contribution is -2.37. The Morgan fingerprint density at radius 3 is 2.33 bits per heavy atom. The summed E-state index contributed by atoms with van der Waals surface area (Å²) in [5.41, 5.74) is 4.82. The van der Waals surface area contributed by atoms with Gasteiger partial charge in [-0.25, -0.2) is 4.79 Å². The van der Waals surface area contributed by atoms with Gasteiger partial charge in [-0.05, 0) is 0 Å². The minimum atomic E-state index is -0.639. The first-order valence-corrected chi connectivity index (χ1v) is 3.26. The summed E-state index contributed by atoms with van der Waals surface area (Å²) in [4.78, 5) is 10.3. The summed E-state index contributed by atoms with van der Waals surface area (Å²) in [6.45, 7) is 6.80. The van der Waals surface area contributed by atoms with Gasteiger partial charge in [0.25, 0.3) is 6.29 Å². The second-order valence-corrected chi connectivity index (χ2v) is 1.78. The van der Waals surface area contributed by atoms with Crippen LogP contribution in [-0.4, -0.2) is 18.9 Å². The van der Waals surface area contributed by atoms with E-state index in [9.17, 15) is 4.79 Å². The quantitative estimate of drug-likeness (QED) is 0.447. The first-order chi connectivity index (χ1) is 5.70. The molecule has 0 rings (SSSR count). The third kappa shape index (κ3) is 5.16. The van der Waals surface area contributed by atoms with E-state index in [1.165, 1.54) is 12.5 Å². The summed E-state index contributed by atoms with van der Waals surface area (Å²) in [6.07, 6.45) is 1.78. The van der Waals surface area contributed by atoms with Crippen LogP contribution in [0.15, 0.2) is 25.7 Å². The van der Waals surface area contributed by atoms with E-state index in [0.29, 0.717) is 0 Å². The van der Waals surface area contributed by atoms with Crippen LogP contribution in [0.1, 0.15) is 0 Å². The highest BCUT2D eigenvalue weighted by Crippen LogP contribution is 1.93. The van der Waals surface area contributed by atoms with E-state index in [1.807, 2.05) is 0 Å². The largest absolute Gasteiger partial charge is 0.461 e. The predicted molar refractivity (Wildman–Crippen MR) is 43.9 cm³/mol. The zero-order valence-electron chi connectivity index (χ0n) is 6.66. The fourth-order valence-electron chi connectivity index (χ4n) is 0.527. The Morgan fingerprint density at radius 1 is 1.50 bits per heavy atom. The lowest BCUT2D eigenvalue weighted by molar-refractivity contribution is -0.0559. The van der Waals surface area contributed by atoms with Crippen LogP contribution in [0.3, 0.4) is 0 Å². The molecular weight excluding hydrogens is 160 g/mol. The van der Waals surface area contributed by atoms with Crippen molar-refractivity contribution in [1.29, 1.82) is 0 Å². The number of rotatable bonds is 6. The van der Waals surface area contributed by atoms with Crippen LogP contribution in [-0.2, 0) is 9.47 Å². The van der Waals surface area contributed by atoms with Crippen molar-refractivity contribution in [2.75, 3.05) is 6.54 Å². The average Bonchev–Trinajstić information content (AvgIpc) is 2.01. The molecule has 0 heterocycles. The summed E-state index contributed by atoms with van der Waals surface area (Å²) in [7, 11) is 0. The third-order valence-corrected chi connectivity index (χ3v) is 0.939. The van der Waals surface area contributed by atoms with E-state index in [0.717, 1.165) is 0 Å². The Hall–Kier alpha value is -1.65. The van der Waals surface area contributed by atoms with Crippen molar-refractivity contribution in [3.63, 3.8) is 0 Å². The van der Waals surface area contributed by atoms with Gasteiger partial charge in [-0.3, -0.25) is 0 Å². The summed E-state index contributed by atoms with van der Waals surface area (Å²) < 4.78 is 9.67. The van der Waals surface area contributed by atoms with Crippen LogP contribution >= 0.6 is 0 Å². The molecule has 0 saturated heterocycles. The first-order valence-electron chi connectivity index (χ1n) is 3.26. The highest BCUT2D eigenvalue weighted by Gasteiger charge is 2.06. The molecule has 0 aromatic heterocycles. The molecule has 68 valence electrons. The Bertz CT molecular complexity index is 160. The number of hydrogen-bond donors (Lipinski definition) is 2. The van der Waals surface area contributed by atoms with E-state index in [2.05, 4.69) is 18.5 Å². The highest BCUT2D eigenvalue weighted by molar-refractivity contribution is 5.71. The molecule has 0 saturated carbocycles. The van der Waals surface area contributed by atoms with Crippen LogP contribution in [0.4, 0.5) is 4.79 Å². The topological polar surface area (TPSA) is 73.6 Å². The number of nitrogens with two attached hydrogens (primary N) is 1. The number of amides is 2. The van der Waals surface area contributed by atoms with Crippen LogP contribution in [0.5, 0.6) is 0 Å². The maximum absolute atomic E-state index is 10.3. The lowest BCUT2D eigenvalue weighted by atomic mass is 10.6. The smallest absolute Gasteiger partial charge is 0.312 e. The van der Waals surface area contributed by atoms with Gasteiger partial charge in [0, 0.05) is 0 Å². The number of carbonyl (C=O) groups is 1. The van der Waals surface area contributed by atoms with Gasteiger partial charge in [0.2, 0.25) is 0 Å². The van der Waals surface area contributed by atoms with Crippen molar-refractivity contribution < 1.29 is 14.3 Å². The Morgan fingerprint density at radius 2 is 2.00 bits per heavy atom. The van der Waals surface area contributed by atoms with Gasteiger partial charge >= 0.3 is 6.03 Å². The maximum atomic E-state index is 10.3. The number of primary amides is 1. The lowest BCUT2D eigenvalue weighted by Gasteiger charge is -2.15. The molecule has 3 N–H and O–H groups in total. The summed E-state index contributed by atoms with van der Waals surface area (Å²) >= 11 is 0. The molecule has 0 aromatic rings. The second-order valence-electron chi connectivity index (χ2n) is 1.78. The molecule has 0 bridgehead atoms. The number of urea groups is 1. The highest BCUT2D eigenvalue weighted by atomic mass is 16.7. The standard InChI is InChI=1S/C7H12N2O3/c1-3-11-6(12-4-2)5-9-7(8)10/h3-4,6H,1-2,5H2,(H3,8,9,10). The predicted octanol–water partition coefficient (Wildman–Crippen LogP) is 0.301. The molecule has 0 atom stereocenters. The third-order valence-electron chi connectivity index (χ3n) is 0.939. The molecule has 2 amide bonds. The average molecular weight is 172 g/mol. The molecule has 5 heteroatoms. The van der Waals surface area contributed by atoms with Gasteiger partial charge in [-0.15, -0.1) is 0 Å². The minimum Gasteiger partial charge on any atom is -0.461 e. The van der Waals surface area contributed by atoms with Gasteiger partial charge < -0.3 is 20.5 Å². The van der Waals surface area contributed by atoms with Gasteiger partial charge in [-0.2, -0.15) is 0 Å². The van der Waals surface area contributed by atoms with E-state index in [-0.39, 0.29) is 6.54 Å². The second kappa shape index (κ2) is 6.09. The number of carbonyl (C=O) groups excluding carboxylic acids is 1. The summed E-state index contributed by atoms with van der Waals surface area (Å²) in [6, 6.07) is -0.639. The van der Waals surface area contributed by atoms with Crippen LogP contribution < -0.4 is 11.1 Å². The molecular formula is C7H12N2O3. The zero-order valence-corrected chi connectivity index (χ0v) is 6.66. The molecule has 0 aromatic carbocycles. The van der Waals surface area contributed by atoms with Gasteiger partial charge in [-0.1, -0.05) is 13.2 Å². The van der Waals surface area contributed by atoms with Crippen molar-refractivity contribution in [1.82, 2.24) is 5.32 Å². The summed E-state index contributed by atoms with van der Waals surface area (Å²) in [5, 5.41) is 2.31. The molecule has 0 spiro atoms. The normalized spacial score (nSPS) is 8.75. The first kappa shape index (κ1) is 10.3. The molecule has 0 unspecified atom stereocenters. The van der Waals surface area contributed by atoms with E-state index >= 15 is 0 Å². The van der Waals surface area contributed by atoms with Crippen LogP contribution in [0, 0.1) is 0 Å².